The number of amides is 1. The highest BCUT2D eigenvalue weighted by Crippen LogP contribution is 2.44. The van der Waals surface area contributed by atoms with Crippen molar-refractivity contribution in [3.63, 3.8) is 0 Å². The summed E-state index contributed by atoms with van der Waals surface area (Å²) in [5.41, 5.74) is 7.20. The van der Waals surface area contributed by atoms with Gasteiger partial charge in [0.1, 0.15) is 17.5 Å². The fourth-order valence-electron chi connectivity index (χ4n) is 4.86. The second-order valence-corrected chi connectivity index (χ2v) is 8.44. The van der Waals surface area contributed by atoms with Gasteiger partial charge in [0.15, 0.2) is 6.19 Å². The zero-order valence-corrected chi connectivity index (χ0v) is 16.7. The summed E-state index contributed by atoms with van der Waals surface area (Å²) in [6, 6.07) is 17.2. The lowest BCUT2D eigenvalue weighted by atomic mass is 9.69. The fraction of sp³-hybridized carbons (Fsp3) is 0.391. The van der Waals surface area contributed by atoms with Gasteiger partial charge >= 0.3 is 0 Å². The second kappa shape index (κ2) is 7.63. The lowest BCUT2D eigenvalue weighted by Crippen LogP contribution is -2.62. The smallest absolute Gasteiger partial charge is 0.239 e. The highest BCUT2D eigenvalue weighted by molar-refractivity contribution is 5.83. The monoisotopic (exact) mass is 403 g/mol. The molecule has 4 atom stereocenters. The van der Waals surface area contributed by atoms with Crippen molar-refractivity contribution in [1.29, 1.82) is 5.26 Å². The van der Waals surface area contributed by atoms with Crippen LogP contribution in [-0.2, 0) is 4.79 Å². The number of para-hydroxylation sites is 2. The summed E-state index contributed by atoms with van der Waals surface area (Å²) < 4.78 is 6.08. The molecule has 2 unspecified atom stereocenters. The van der Waals surface area contributed by atoms with Gasteiger partial charge in [-0.05, 0) is 37.5 Å². The number of hydrazine groups is 1. The van der Waals surface area contributed by atoms with Crippen molar-refractivity contribution in [2.45, 2.75) is 36.9 Å². The Labute approximate surface area is 176 Å². The summed E-state index contributed by atoms with van der Waals surface area (Å²) >= 11 is 0. The van der Waals surface area contributed by atoms with Crippen LogP contribution in [-0.4, -0.2) is 35.5 Å². The number of benzene rings is 2. The van der Waals surface area contributed by atoms with Crippen LogP contribution < -0.4 is 20.9 Å². The average Bonchev–Trinajstić information content (AvgIpc) is 3.34. The van der Waals surface area contributed by atoms with Gasteiger partial charge in [-0.1, -0.05) is 36.4 Å². The second-order valence-electron chi connectivity index (χ2n) is 8.44. The summed E-state index contributed by atoms with van der Waals surface area (Å²) in [5, 5.41) is 12.5. The molecule has 0 radical (unpaired) electrons. The number of nitriles is 1. The van der Waals surface area contributed by atoms with Crippen LogP contribution in [0.1, 0.15) is 30.9 Å². The summed E-state index contributed by atoms with van der Waals surface area (Å²) in [7, 11) is 0. The first kappa shape index (κ1) is 18.9. The van der Waals surface area contributed by atoms with E-state index in [1.54, 1.807) is 4.90 Å². The SMILES string of the molecule is N#CN1C[C@H]2CC[C@@]2(NC(=O)C2CC(c3ccccc3Oc3ccccc3)NN2)C1. The normalized spacial score (nSPS) is 29.6. The van der Waals surface area contributed by atoms with Gasteiger partial charge in [0.2, 0.25) is 5.91 Å². The van der Waals surface area contributed by atoms with E-state index < -0.39 is 0 Å². The topological polar surface area (TPSA) is 89.4 Å². The number of fused-ring (bicyclic) bond motifs is 1. The van der Waals surface area contributed by atoms with Crippen molar-refractivity contribution in [2.75, 3.05) is 13.1 Å². The van der Waals surface area contributed by atoms with Crippen LogP contribution in [0, 0.1) is 17.4 Å². The Morgan fingerprint density at radius 3 is 2.73 bits per heavy atom. The highest BCUT2D eigenvalue weighted by Gasteiger charge is 2.54. The lowest BCUT2D eigenvalue weighted by molar-refractivity contribution is -0.126. The number of carbonyl (C=O) groups excluding carboxylic acids is 1. The van der Waals surface area contributed by atoms with E-state index in [-0.39, 0.29) is 23.5 Å². The van der Waals surface area contributed by atoms with Gasteiger partial charge in [0.05, 0.1) is 18.1 Å². The van der Waals surface area contributed by atoms with E-state index >= 15 is 0 Å². The quantitative estimate of drug-likeness (QED) is 0.665. The molecule has 1 saturated carbocycles. The molecule has 154 valence electrons. The first-order chi connectivity index (χ1) is 14.7. The molecule has 1 amide bonds. The summed E-state index contributed by atoms with van der Waals surface area (Å²) in [4.78, 5) is 14.7. The Balaban J connectivity index is 1.26. The van der Waals surface area contributed by atoms with Crippen LogP contribution in [0.15, 0.2) is 54.6 Å². The molecule has 0 spiro atoms. The zero-order chi connectivity index (χ0) is 20.6. The van der Waals surface area contributed by atoms with E-state index in [2.05, 4.69) is 22.4 Å². The molecular formula is C23H25N5O2. The van der Waals surface area contributed by atoms with Gasteiger partial charge in [-0.2, -0.15) is 5.26 Å². The Morgan fingerprint density at radius 1 is 1.17 bits per heavy atom. The predicted octanol–water partition coefficient (Wildman–Crippen LogP) is 2.45. The van der Waals surface area contributed by atoms with Gasteiger partial charge in [0.25, 0.3) is 0 Å². The van der Waals surface area contributed by atoms with Crippen LogP contribution >= 0.6 is 0 Å². The number of likely N-dealkylation sites (tertiary alicyclic amines) is 1. The van der Waals surface area contributed by atoms with E-state index in [1.807, 2.05) is 54.6 Å². The van der Waals surface area contributed by atoms with Crippen LogP contribution in [0.4, 0.5) is 0 Å². The van der Waals surface area contributed by atoms with E-state index in [4.69, 9.17) is 4.74 Å². The minimum Gasteiger partial charge on any atom is -0.457 e. The Kier molecular flexibility index (Phi) is 4.81. The molecule has 3 aliphatic rings. The molecule has 1 aliphatic carbocycles. The van der Waals surface area contributed by atoms with Crippen LogP contribution in [0.25, 0.3) is 0 Å². The molecule has 2 aromatic carbocycles. The summed E-state index contributed by atoms with van der Waals surface area (Å²) in [6.07, 6.45) is 4.87. The molecule has 5 rings (SSSR count). The molecule has 0 bridgehead atoms. The minimum absolute atomic E-state index is 0.00375. The number of nitrogens with one attached hydrogen (secondary N) is 3. The van der Waals surface area contributed by atoms with E-state index in [0.717, 1.165) is 36.4 Å². The van der Waals surface area contributed by atoms with Gasteiger partial charge < -0.3 is 15.0 Å². The fourth-order valence-corrected chi connectivity index (χ4v) is 4.86. The first-order valence-corrected chi connectivity index (χ1v) is 10.5. The molecule has 2 aromatic rings. The molecule has 0 aromatic heterocycles. The molecule has 7 nitrogen and oxygen atoms in total. The van der Waals surface area contributed by atoms with Crippen molar-refractivity contribution < 1.29 is 9.53 Å². The average molecular weight is 403 g/mol. The third-order valence-corrected chi connectivity index (χ3v) is 6.63. The maximum atomic E-state index is 13.0. The van der Waals surface area contributed by atoms with Crippen LogP contribution in [0.5, 0.6) is 11.5 Å². The Morgan fingerprint density at radius 2 is 1.97 bits per heavy atom. The molecule has 30 heavy (non-hydrogen) atoms. The van der Waals surface area contributed by atoms with Crippen molar-refractivity contribution in [2.24, 2.45) is 5.92 Å². The molecule has 3 fully saturated rings. The number of ether oxygens (including phenoxy) is 1. The van der Waals surface area contributed by atoms with Crippen molar-refractivity contribution in [1.82, 2.24) is 21.1 Å². The first-order valence-electron chi connectivity index (χ1n) is 10.5. The van der Waals surface area contributed by atoms with E-state index in [0.29, 0.717) is 18.9 Å². The van der Waals surface area contributed by atoms with Crippen molar-refractivity contribution in [3.05, 3.63) is 60.2 Å². The maximum absolute atomic E-state index is 13.0. The van der Waals surface area contributed by atoms with Crippen LogP contribution in [0.3, 0.4) is 0 Å². The van der Waals surface area contributed by atoms with Gasteiger partial charge in [0, 0.05) is 18.0 Å². The third-order valence-electron chi connectivity index (χ3n) is 6.63. The number of hydrogen-bond donors (Lipinski definition) is 3. The molecule has 2 aliphatic heterocycles. The number of nitrogens with zero attached hydrogens (tertiary/aromatic N) is 2. The van der Waals surface area contributed by atoms with Crippen LogP contribution in [0.2, 0.25) is 0 Å². The number of hydrogen-bond acceptors (Lipinski definition) is 6. The van der Waals surface area contributed by atoms with Crippen molar-refractivity contribution >= 4 is 5.91 Å². The Bertz CT molecular complexity index is 975. The summed E-state index contributed by atoms with van der Waals surface area (Å²) in [5.74, 6) is 1.94. The standard InChI is InChI=1S/C23H25N5O2/c24-15-28-13-16-10-11-23(16,14-28)25-22(29)20-12-19(26-27-20)18-8-4-5-9-21(18)30-17-6-2-1-3-7-17/h1-9,16,19-20,26-27H,10-14H2,(H,25,29)/t16-,19?,20?,23-/m1/s1. The Hall–Kier alpha value is -3.08. The summed E-state index contributed by atoms with van der Waals surface area (Å²) in [6.45, 7) is 1.37. The number of carbonyl (C=O) groups is 1. The predicted molar refractivity (Wildman–Crippen MR) is 111 cm³/mol. The molecule has 3 N–H and O–H groups in total. The van der Waals surface area contributed by atoms with E-state index in [1.165, 1.54) is 0 Å². The third kappa shape index (κ3) is 3.38. The van der Waals surface area contributed by atoms with Gasteiger partial charge in [-0.15, -0.1) is 0 Å². The minimum atomic E-state index is -0.327. The van der Waals surface area contributed by atoms with E-state index in [9.17, 15) is 10.1 Å². The number of rotatable bonds is 5. The highest BCUT2D eigenvalue weighted by atomic mass is 16.5. The van der Waals surface area contributed by atoms with Gasteiger partial charge in [-0.25, -0.2) is 10.9 Å². The molecule has 2 saturated heterocycles. The molecule has 7 heteroatoms. The lowest BCUT2D eigenvalue weighted by Gasteiger charge is -2.44. The maximum Gasteiger partial charge on any atom is 0.239 e. The van der Waals surface area contributed by atoms with Crippen molar-refractivity contribution in [3.8, 4) is 17.7 Å². The molecular weight excluding hydrogens is 378 g/mol. The molecule has 2 heterocycles. The van der Waals surface area contributed by atoms with Gasteiger partial charge in [-0.3, -0.25) is 4.79 Å². The largest absolute Gasteiger partial charge is 0.457 e. The zero-order valence-electron chi connectivity index (χ0n) is 16.7.